The molecule has 2 aromatic carbocycles. The fourth-order valence-electron chi connectivity index (χ4n) is 1.98. The lowest BCUT2D eigenvalue weighted by molar-refractivity contribution is -0.115. The van der Waals surface area contributed by atoms with Crippen LogP contribution in [-0.4, -0.2) is 24.7 Å². The SMILES string of the molecule is O=C(Nc1ccc(S(=O)(=O)NCCc2ccccc2)cc1)C(Cl)(Cl)Cl. The zero-order chi connectivity index (χ0) is 18.5. The van der Waals surface area contributed by atoms with E-state index >= 15 is 0 Å². The van der Waals surface area contributed by atoms with Gasteiger partial charge < -0.3 is 5.32 Å². The lowest BCUT2D eigenvalue weighted by Crippen LogP contribution is -2.27. The van der Waals surface area contributed by atoms with Crippen LogP contribution in [0.1, 0.15) is 5.56 Å². The van der Waals surface area contributed by atoms with Crippen LogP contribution in [0.2, 0.25) is 0 Å². The first kappa shape index (κ1) is 20.0. The molecule has 0 heterocycles. The molecular formula is C16H15Cl3N2O3S. The molecule has 0 aliphatic rings. The molecule has 0 saturated heterocycles. The summed E-state index contributed by atoms with van der Waals surface area (Å²) in [6.07, 6.45) is 0.581. The molecule has 0 saturated carbocycles. The van der Waals surface area contributed by atoms with E-state index in [2.05, 4.69) is 10.0 Å². The largest absolute Gasteiger partial charge is 0.322 e. The number of sulfonamides is 1. The summed E-state index contributed by atoms with van der Waals surface area (Å²) < 4.78 is 24.9. The van der Waals surface area contributed by atoms with Crippen LogP contribution >= 0.6 is 34.8 Å². The van der Waals surface area contributed by atoms with Crippen molar-refractivity contribution in [2.24, 2.45) is 0 Å². The third kappa shape index (κ3) is 6.17. The van der Waals surface area contributed by atoms with Crippen LogP contribution in [0.3, 0.4) is 0 Å². The number of carbonyl (C=O) groups is 1. The molecule has 0 fully saturated rings. The first-order chi connectivity index (χ1) is 11.7. The van der Waals surface area contributed by atoms with Gasteiger partial charge in [0.2, 0.25) is 10.0 Å². The minimum atomic E-state index is -3.64. The van der Waals surface area contributed by atoms with Crippen LogP contribution in [0, 0.1) is 0 Å². The number of rotatable bonds is 6. The number of halogens is 3. The van der Waals surface area contributed by atoms with E-state index in [1.807, 2.05) is 30.3 Å². The summed E-state index contributed by atoms with van der Waals surface area (Å²) in [7, 11) is -3.64. The van der Waals surface area contributed by atoms with Crippen LogP contribution in [0.25, 0.3) is 0 Å². The quantitative estimate of drug-likeness (QED) is 0.701. The van der Waals surface area contributed by atoms with Crippen molar-refractivity contribution in [3.05, 3.63) is 60.2 Å². The number of alkyl halides is 3. The van der Waals surface area contributed by atoms with Gasteiger partial charge in [0.1, 0.15) is 0 Å². The number of anilines is 1. The van der Waals surface area contributed by atoms with Gasteiger partial charge in [-0.15, -0.1) is 0 Å². The van der Waals surface area contributed by atoms with Crippen molar-refractivity contribution in [3.63, 3.8) is 0 Å². The van der Waals surface area contributed by atoms with E-state index in [4.69, 9.17) is 34.8 Å². The van der Waals surface area contributed by atoms with E-state index in [1.54, 1.807) is 0 Å². The first-order valence-electron chi connectivity index (χ1n) is 7.20. The maximum absolute atomic E-state index is 12.3. The summed E-state index contributed by atoms with van der Waals surface area (Å²) in [5.74, 6) is -0.825. The molecule has 0 spiro atoms. The highest BCUT2D eigenvalue weighted by Crippen LogP contribution is 2.27. The Kier molecular flexibility index (Phi) is 6.71. The molecule has 1 amide bonds. The average molecular weight is 422 g/mol. The zero-order valence-corrected chi connectivity index (χ0v) is 16.0. The summed E-state index contributed by atoms with van der Waals surface area (Å²) >= 11 is 16.4. The molecule has 9 heteroatoms. The molecule has 0 aliphatic heterocycles. The van der Waals surface area contributed by atoms with Gasteiger partial charge in [-0.2, -0.15) is 0 Å². The van der Waals surface area contributed by atoms with E-state index in [0.717, 1.165) is 5.56 Å². The maximum Gasteiger partial charge on any atom is 0.276 e. The molecule has 0 atom stereocenters. The highest BCUT2D eigenvalue weighted by molar-refractivity contribution is 7.89. The van der Waals surface area contributed by atoms with Crippen LogP contribution < -0.4 is 10.0 Å². The lowest BCUT2D eigenvalue weighted by Gasteiger charge is -2.12. The molecule has 2 aromatic rings. The van der Waals surface area contributed by atoms with Gasteiger partial charge in [0.25, 0.3) is 9.70 Å². The van der Waals surface area contributed by atoms with Gasteiger partial charge in [-0.3, -0.25) is 4.79 Å². The van der Waals surface area contributed by atoms with E-state index in [1.165, 1.54) is 24.3 Å². The predicted molar refractivity (Wildman–Crippen MR) is 101 cm³/mol. The highest BCUT2D eigenvalue weighted by Gasteiger charge is 2.30. The van der Waals surface area contributed by atoms with Gasteiger partial charge in [0, 0.05) is 12.2 Å². The molecule has 134 valence electrons. The number of hydrogen-bond acceptors (Lipinski definition) is 3. The van der Waals surface area contributed by atoms with Crippen molar-refractivity contribution in [2.45, 2.75) is 15.1 Å². The molecule has 25 heavy (non-hydrogen) atoms. The van der Waals surface area contributed by atoms with Crippen LogP contribution in [0.15, 0.2) is 59.5 Å². The third-order valence-electron chi connectivity index (χ3n) is 3.23. The monoisotopic (exact) mass is 420 g/mol. The number of hydrogen-bond donors (Lipinski definition) is 2. The summed E-state index contributed by atoms with van der Waals surface area (Å²) in [5.41, 5.74) is 1.36. The second-order valence-electron chi connectivity index (χ2n) is 5.11. The molecule has 0 aliphatic carbocycles. The zero-order valence-electron chi connectivity index (χ0n) is 12.9. The Morgan fingerprint density at radius 2 is 1.56 bits per heavy atom. The maximum atomic E-state index is 12.3. The average Bonchev–Trinajstić information content (AvgIpc) is 2.55. The molecule has 0 aromatic heterocycles. The Morgan fingerprint density at radius 1 is 0.960 bits per heavy atom. The van der Waals surface area contributed by atoms with Crippen LogP contribution in [-0.2, 0) is 21.2 Å². The molecule has 2 N–H and O–H groups in total. The van der Waals surface area contributed by atoms with Crippen molar-refractivity contribution in [2.75, 3.05) is 11.9 Å². The standard InChI is InChI=1S/C16H15Cl3N2O3S/c17-16(18,19)15(22)21-13-6-8-14(9-7-13)25(23,24)20-11-10-12-4-2-1-3-5-12/h1-9,20H,10-11H2,(H,21,22). The molecule has 0 bridgehead atoms. The van der Waals surface area contributed by atoms with Crippen molar-refractivity contribution < 1.29 is 13.2 Å². The molecule has 0 radical (unpaired) electrons. The molecule has 5 nitrogen and oxygen atoms in total. The predicted octanol–water partition coefficient (Wildman–Crippen LogP) is 3.52. The summed E-state index contributed by atoms with van der Waals surface area (Å²) in [5, 5.41) is 2.38. The Bertz CT molecular complexity index is 820. The van der Waals surface area contributed by atoms with Gasteiger partial charge in [-0.1, -0.05) is 65.1 Å². The van der Waals surface area contributed by atoms with Crippen molar-refractivity contribution in [1.82, 2.24) is 4.72 Å². The van der Waals surface area contributed by atoms with Crippen LogP contribution in [0.4, 0.5) is 5.69 Å². The summed E-state index contributed by atoms with van der Waals surface area (Å²) in [6, 6.07) is 15.1. The second kappa shape index (κ2) is 8.38. The minimum Gasteiger partial charge on any atom is -0.322 e. The van der Waals surface area contributed by atoms with E-state index in [0.29, 0.717) is 12.1 Å². The van der Waals surface area contributed by atoms with Gasteiger partial charge in [0.05, 0.1) is 4.90 Å². The normalized spacial score (nSPS) is 12.0. The molecule has 2 rings (SSSR count). The van der Waals surface area contributed by atoms with Crippen molar-refractivity contribution in [3.8, 4) is 0 Å². The lowest BCUT2D eigenvalue weighted by atomic mass is 10.2. The number of benzene rings is 2. The fraction of sp³-hybridized carbons (Fsp3) is 0.188. The number of nitrogens with one attached hydrogen (secondary N) is 2. The summed E-state index contributed by atoms with van der Waals surface area (Å²) in [4.78, 5) is 11.6. The number of amides is 1. The van der Waals surface area contributed by atoms with Crippen molar-refractivity contribution >= 4 is 56.4 Å². The van der Waals surface area contributed by atoms with E-state index < -0.39 is 19.7 Å². The Hall–Kier alpha value is -1.31. The molecule has 0 unspecified atom stereocenters. The topological polar surface area (TPSA) is 75.3 Å². The fourth-order valence-corrected chi connectivity index (χ4v) is 3.15. The van der Waals surface area contributed by atoms with Crippen molar-refractivity contribution in [1.29, 1.82) is 0 Å². The first-order valence-corrected chi connectivity index (χ1v) is 9.82. The highest BCUT2D eigenvalue weighted by atomic mass is 35.6. The minimum absolute atomic E-state index is 0.0763. The Morgan fingerprint density at radius 3 is 2.12 bits per heavy atom. The number of carbonyl (C=O) groups excluding carboxylic acids is 1. The Balaban J connectivity index is 1.96. The van der Waals surface area contributed by atoms with Gasteiger partial charge in [-0.05, 0) is 36.2 Å². The van der Waals surface area contributed by atoms with Gasteiger partial charge in [0.15, 0.2) is 0 Å². The van der Waals surface area contributed by atoms with Gasteiger partial charge in [-0.25, -0.2) is 13.1 Å². The van der Waals surface area contributed by atoms with E-state index in [9.17, 15) is 13.2 Å². The Labute approximate surface area is 161 Å². The molecular weight excluding hydrogens is 407 g/mol. The second-order valence-corrected chi connectivity index (χ2v) is 9.16. The van der Waals surface area contributed by atoms with E-state index in [-0.39, 0.29) is 11.4 Å². The van der Waals surface area contributed by atoms with Gasteiger partial charge >= 0.3 is 0 Å². The third-order valence-corrected chi connectivity index (χ3v) is 5.22. The smallest absolute Gasteiger partial charge is 0.276 e. The summed E-state index contributed by atoms with van der Waals surface area (Å²) in [6.45, 7) is 0.276. The van der Waals surface area contributed by atoms with Crippen LogP contribution in [0.5, 0.6) is 0 Å².